The summed E-state index contributed by atoms with van der Waals surface area (Å²) in [7, 11) is 0. The normalized spacial score (nSPS) is 12.5. The topological polar surface area (TPSA) is 94.4 Å². The van der Waals surface area contributed by atoms with E-state index in [0.717, 1.165) is 5.56 Å². The Morgan fingerprint density at radius 3 is 2.79 bits per heavy atom. The molecule has 0 radical (unpaired) electrons. The van der Waals surface area contributed by atoms with Crippen molar-refractivity contribution in [3.63, 3.8) is 0 Å². The van der Waals surface area contributed by atoms with Crippen LogP contribution in [0.2, 0.25) is 0 Å². The maximum atomic E-state index is 9.21. The fourth-order valence-corrected chi connectivity index (χ4v) is 1.64. The van der Waals surface area contributed by atoms with Crippen molar-refractivity contribution in [2.24, 2.45) is 5.73 Å². The van der Waals surface area contributed by atoms with Gasteiger partial charge in [-0.1, -0.05) is 17.3 Å². The molecule has 6 heteroatoms. The van der Waals surface area contributed by atoms with Gasteiger partial charge in [-0.3, -0.25) is 0 Å². The van der Waals surface area contributed by atoms with Crippen LogP contribution in [0.1, 0.15) is 30.2 Å². The summed E-state index contributed by atoms with van der Waals surface area (Å²) in [5.74, 6) is 1.12. The third-order valence-electron chi connectivity index (χ3n) is 2.63. The summed E-state index contributed by atoms with van der Waals surface area (Å²) in [4.78, 5) is 4.18. The third-order valence-corrected chi connectivity index (χ3v) is 2.63. The van der Waals surface area contributed by atoms with E-state index in [0.29, 0.717) is 31.3 Å². The number of rotatable bonds is 6. The monoisotopic (exact) mass is 263 g/mol. The summed E-state index contributed by atoms with van der Waals surface area (Å²) in [5, 5.41) is 13.0. The van der Waals surface area contributed by atoms with Crippen molar-refractivity contribution in [2.45, 2.75) is 26.0 Å². The standard InChI is InChI=1S/C13H17N3O3/c1-2-18-8-12-15-13(19-16-12)11(14)7-9-3-5-10(17)6-4-9/h3-6,11,17H,2,7-8,14H2,1H3/t11-/m1/s1. The average Bonchev–Trinajstić information content (AvgIpc) is 2.88. The Hall–Kier alpha value is -1.92. The predicted molar refractivity (Wildman–Crippen MR) is 68.4 cm³/mol. The van der Waals surface area contributed by atoms with Gasteiger partial charge in [0.25, 0.3) is 0 Å². The molecule has 102 valence electrons. The molecule has 0 aliphatic carbocycles. The van der Waals surface area contributed by atoms with Gasteiger partial charge in [-0.25, -0.2) is 0 Å². The number of phenolic OH excluding ortho intramolecular Hbond substituents is 1. The molecule has 2 rings (SSSR count). The van der Waals surface area contributed by atoms with Gasteiger partial charge in [0, 0.05) is 6.61 Å². The van der Waals surface area contributed by atoms with E-state index >= 15 is 0 Å². The van der Waals surface area contributed by atoms with E-state index in [1.54, 1.807) is 12.1 Å². The van der Waals surface area contributed by atoms with Crippen LogP contribution in [0.25, 0.3) is 0 Å². The molecule has 1 aromatic heterocycles. The molecule has 0 saturated carbocycles. The van der Waals surface area contributed by atoms with Crippen molar-refractivity contribution in [2.75, 3.05) is 6.61 Å². The highest BCUT2D eigenvalue weighted by Gasteiger charge is 2.15. The van der Waals surface area contributed by atoms with E-state index in [1.807, 2.05) is 19.1 Å². The largest absolute Gasteiger partial charge is 0.508 e. The Morgan fingerprint density at radius 2 is 2.11 bits per heavy atom. The van der Waals surface area contributed by atoms with Gasteiger partial charge >= 0.3 is 0 Å². The first-order valence-corrected chi connectivity index (χ1v) is 6.12. The Labute approximate surface area is 111 Å². The molecule has 0 unspecified atom stereocenters. The SMILES string of the molecule is CCOCc1noc([C@H](N)Cc2ccc(O)cc2)n1. The average molecular weight is 263 g/mol. The number of aromatic hydroxyl groups is 1. The number of ether oxygens (including phenoxy) is 1. The molecule has 0 saturated heterocycles. The van der Waals surface area contributed by atoms with Crippen LogP contribution in [0.5, 0.6) is 5.75 Å². The van der Waals surface area contributed by atoms with Crippen molar-refractivity contribution >= 4 is 0 Å². The lowest BCUT2D eigenvalue weighted by Gasteiger charge is -2.06. The van der Waals surface area contributed by atoms with Crippen molar-refractivity contribution in [3.8, 4) is 5.75 Å². The molecule has 1 aromatic carbocycles. The lowest BCUT2D eigenvalue weighted by Crippen LogP contribution is -2.13. The first-order chi connectivity index (χ1) is 9.19. The van der Waals surface area contributed by atoms with Gasteiger partial charge in [-0.05, 0) is 31.0 Å². The molecule has 6 nitrogen and oxygen atoms in total. The number of aromatic nitrogens is 2. The lowest BCUT2D eigenvalue weighted by molar-refractivity contribution is 0.126. The van der Waals surface area contributed by atoms with Crippen molar-refractivity contribution in [1.82, 2.24) is 10.1 Å². The highest BCUT2D eigenvalue weighted by Crippen LogP contribution is 2.17. The minimum absolute atomic E-state index is 0.231. The molecular formula is C13H17N3O3. The quantitative estimate of drug-likeness (QED) is 0.821. The Bertz CT molecular complexity index is 510. The van der Waals surface area contributed by atoms with Crippen LogP contribution in [-0.2, 0) is 17.8 Å². The number of hydrogen-bond acceptors (Lipinski definition) is 6. The summed E-state index contributed by atoms with van der Waals surface area (Å²) in [5.41, 5.74) is 7.00. The van der Waals surface area contributed by atoms with E-state index in [2.05, 4.69) is 10.1 Å². The van der Waals surface area contributed by atoms with Gasteiger partial charge in [0.1, 0.15) is 12.4 Å². The second-order valence-corrected chi connectivity index (χ2v) is 4.16. The lowest BCUT2D eigenvalue weighted by atomic mass is 10.1. The van der Waals surface area contributed by atoms with Gasteiger partial charge in [-0.15, -0.1) is 0 Å². The third kappa shape index (κ3) is 3.77. The van der Waals surface area contributed by atoms with Crippen molar-refractivity contribution < 1.29 is 14.4 Å². The van der Waals surface area contributed by atoms with E-state index in [4.69, 9.17) is 15.0 Å². The van der Waals surface area contributed by atoms with Crippen LogP contribution in [0, 0.1) is 0 Å². The van der Waals surface area contributed by atoms with Gasteiger partial charge in [0.2, 0.25) is 5.89 Å². The number of hydrogen-bond donors (Lipinski definition) is 2. The zero-order valence-electron chi connectivity index (χ0n) is 10.7. The van der Waals surface area contributed by atoms with Gasteiger partial charge < -0.3 is 20.1 Å². The van der Waals surface area contributed by atoms with E-state index < -0.39 is 0 Å². The minimum Gasteiger partial charge on any atom is -0.508 e. The Kier molecular flexibility index (Phi) is 4.48. The van der Waals surface area contributed by atoms with Crippen LogP contribution >= 0.6 is 0 Å². The van der Waals surface area contributed by atoms with E-state index in [-0.39, 0.29) is 11.8 Å². The first kappa shape index (κ1) is 13.5. The second kappa shape index (κ2) is 6.31. The molecule has 0 spiro atoms. The molecule has 0 fully saturated rings. The molecule has 0 aliphatic heterocycles. The molecule has 0 aliphatic rings. The van der Waals surface area contributed by atoms with Crippen molar-refractivity contribution in [1.29, 1.82) is 0 Å². The molecule has 1 atom stereocenters. The highest BCUT2D eigenvalue weighted by atomic mass is 16.5. The summed E-state index contributed by atoms with van der Waals surface area (Å²) in [6.07, 6.45) is 0.566. The highest BCUT2D eigenvalue weighted by molar-refractivity contribution is 5.26. The van der Waals surface area contributed by atoms with E-state index in [1.165, 1.54) is 0 Å². The maximum Gasteiger partial charge on any atom is 0.243 e. The number of nitrogens with zero attached hydrogens (tertiary/aromatic N) is 2. The van der Waals surface area contributed by atoms with Crippen LogP contribution in [-0.4, -0.2) is 21.9 Å². The van der Waals surface area contributed by atoms with E-state index in [9.17, 15) is 5.11 Å². The van der Waals surface area contributed by atoms with Crippen LogP contribution in [0.15, 0.2) is 28.8 Å². The molecular weight excluding hydrogens is 246 g/mol. The fourth-order valence-electron chi connectivity index (χ4n) is 1.64. The van der Waals surface area contributed by atoms with Crippen LogP contribution in [0.3, 0.4) is 0 Å². The Morgan fingerprint density at radius 1 is 1.37 bits per heavy atom. The van der Waals surface area contributed by atoms with Gasteiger partial charge in [0.15, 0.2) is 5.82 Å². The van der Waals surface area contributed by atoms with Crippen LogP contribution < -0.4 is 5.73 Å². The fraction of sp³-hybridized carbons (Fsp3) is 0.385. The summed E-state index contributed by atoms with van der Waals surface area (Å²) in [6.45, 7) is 2.83. The van der Waals surface area contributed by atoms with Gasteiger partial charge in [0.05, 0.1) is 6.04 Å². The first-order valence-electron chi connectivity index (χ1n) is 6.12. The smallest absolute Gasteiger partial charge is 0.243 e. The number of nitrogens with two attached hydrogens (primary N) is 1. The summed E-state index contributed by atoms with van der Waals surface area (Å²) in [6, 6.07) is 6.50. The minimum atomic E-state index is -0.368. The molecule has 0 bridgehead atoms. The molecule has 1 heterocycles. The second-order valence-electron chi connectivity index (χ2n) is 4.16. The Balaban J connectivity index is 1.97. The molecule has 2 aromatic rings. The van der Waals surface area contributed by atoms with Gasteiger partial charge in [-0.2, -0.15) is 4.98 Å². The summed E-state index contributed by atoms with van der Waals surface area (Å²) < 4.78 is 10.3. The predicted octanol–water partition coefficient (Wildman–Crippen LogP) is 1.55. The maximum absolute atomic E-state index is 9.21. The number of phenols is 1. The summed E-state index contributed by atoms with van der Waals surface area (Å²) >= 11 is 0. The van der Waals surface area contributed by atoms with Crippen LogP contribution in [0.4, 0.5) is 0 Å². The number of benzene rings is 1. The molecule has 3 N–H and O–H groups in total. The van der Waals surface area contributed by atoms with Crippen molar-refractivity contribution in [3.05, 3.63) is 41.5 Å². The zero-order valence-corrected chi connectivity index (χ0v) is 10.7. The molecule has 0 amide bonds. The zero-order chi connectivity index (χ0) is 13.7. The molecule has 19 heavy (non-hydrogen) atoms.